The molecule has 3 unspecified atom stereocenters. The van der Waals surface area contributed by atoms with Crippen LogP contribution in [0, 0.1) is 0 Å². The molecule has 138 valence electrons. The number of hydrogen-bond acceptors (Lipinski definition) is 0. The summed E-state index contributed by atoms with van der Waals surface area (Å²) in [5.74, 6) is 0. The molecule has 3 heteroatoms. The van der Waals surface area contributed by atoms with Crippen LogP contribution >= 0.6 is 47.8 Å². The zero-order chi connectivity index (χ0) is 19.0. The Hall–Kier alpha value is -0.900. The van der Waals surface area contributed by atoms with Gasteiger partial charge in [-0.25, -0.2) is 0 Å². The fraction of sp³-hybridized carbons (Fsp3) is 0.250. The summed E-state index contributed by atoms with van der Waals surface area (Å²) in [5.41, 5.74) is 3.87. The highest BCUT2D eigenvalue weighted by atomic mass is 79.9. The topological polar surface area (TPSA) is 0 Å². The van der Waals surface area contributed by atoms with Crippen molar-refractivity contribution in [2.24, 2.45) is 0 Å². The first-order valence-corrected chi connectivity index (χ1v) is 11.6. The molecule has 27 heavy (non-hydrogen) atoms. The maximum Gasteiger partial charge on any atom is 0.0723 e. The normalized spacial score (nSPS) is 34.3. The minimum absolute atomic E-state index is 0.165. The Morgan fingerprint density at radius 3 is 1.00 bits per heavy atom. The van der Waals surface area contributed by atoms with Crippen LogP contribution in [0.2, 0.25) is 0 Å². The number of allylic oxidation sites excluding steroid dienone is 12. The van der Waals surface area contributed by atoms with E-state index in [0.717, 1.165) is 19.3 Å². The largest absolute Gasteiger partial charge is 0.0825 e. The van der Waals surface area contributed by atoms with Crippen molar-refractivity contribution in [3.8, 4) is 0 Å². The third-order valence-electron chi connectivity index (χ3n) is 5.44. The summed E-state index contributed by atoms with van der Waals surface area (Å²) in [4.78, 5) is 0. The monoisotopic (exact) mass is 546 g/mol. The van der Waals surface area contributed by atoms with Crippen molar-refractivity contribution >= 4 is 47.8 Å². The number of rotatable bonds is 3. The van der Waals surface area contributed by atoms with Gasteiger partial charge in [0.1, 0.15) is 0 Å². The van der Waals surface area contributed by atoms with Crippen LogP contribution in [-0.4, -0.2) is 0 Å². The molecular formula is C24H21Br3. The number of hydrogen-bond donors (Lipinski definition) is 0. The van der Waals surface area contributed by atoms with Crippen LogP contribution in [0.4, 0.5) is 0 Å². The van der Waals surface area contributed by atoms with Gasteiger partial charge in [0, 0.05) is 0 Å². The van der Waals surface area contributed by atoms with E-state index in [4.69, 9.17) is 0 Å². The minimum Gasteiger partial charge on any atom is -0.0825 e. The second kappa shape index (κ2) is 7.50. The predicted octanol–water partition coefficient (Wildman–Crippen LogP) is 8.01. The molecule has 0 saturated carbocycles. The smallest absolute Gasteiger partial charge is 0.0723 e. The second-order valence-electron chi connectivity index (χ2n) is 7.36. The van der Waals surface area contributed by atoms with Crippen molar-refractivity contribution in [2.45, 2.75) is 32.2 Å². The molecule has 4 rings (SSSR count). The predicted molar refractivity (Wildman–Crippen MR) is 127 cm³/mol. The van der Waals surface area contributed by atoms with Gasteiger partial charge < -0.3 is 0 Å². The number of alkyl halides is 3. The van der Waals surface area contributed by atoms with E-state index in [-0.39, 0.29) is 13.0 Å². The van der Waals surface area contributed by atoms with E-state index in [1.807, 2.05) is 0 Å². The summed E-state index contributed by atoms with van der Waals surface area (Å²) in [6.45, 7) is 0. The van der Waals surface area contributed by atoms with Gasteiger partial charge in [0.05, 0.1) is 13.0 Å². The van der Waals surface area contributed by atoms with Crippen molar-refractivity contribution in [3.63, 3.8) is 0 Å². The molecule has 0 aliphatic heterocycles. The lowest BCUT2D eigenvalue weighted by Gasteiger charge is -2.33. The van der Waals surface area contributed by atoms with Gasteiger partial charge in [0.2, 0.25) is 0 Å². The zero-order valence-corrected chi connectivity index (χ0v) is 19.7. The van der Waals surface area contributed by atoms with Crippen LogP contribution < -0.4 is 0 Å². The lowest BCUT2D eigenvalue weighted by molar-refractivity contribution is 0.744. The van der Waals surface area contributed by atoms with E-state index < -0.39 is 0 Å². The van der Waals surface area contributed by atoms with Crippen molar-refractivity contribution in [2.75, 3.05) is 0 Å². The summed E-state index contributed by atoms with van der Waals surface area (Å²) in [6.07, 6.45) is 29.0. The molecule has 0 fully saturated rings. The molecule has 1 aromatic carbocycles. The SMILES string of the molecule is BrC1(c2cc(C3(Br)C=CC=CC3)cc(C3(Br)C=CC=CC3)c2)C=CC=CC1. The van der Waals surface area contributed by atoms with E-state index in [0.29, 0.717) is 0 Å². The van der Waals surface area contributed by atoms with Crippen LogP contribution in [-0.2, 0) is 13.0 Å². The molecule has 0 amide bonds. The molecule has 0 N–H and O–H groups in total. The van der Waals surface area contributed by atoms with Gasteiger partial charge in [-0.15, -0.1) is 0 Å². The Labute approximate surface area is 186 Å². The molecule has 0 radical (unpaired) electrons. The number of benzene rings is 1. The Bertz CT molecular complexity index is 786. The summed E-state index contributed by atoms with van der Waals surface area (Å²) in [6, 6.07) is 7.04. The summed E-state index contributed by atoms with van der Waals surface area (Å²) >= 11 is 12.1. The highest BCUT2D eigenvalue weighted by molar-refractivity contribution is 9.10. The Kier molecular flexibility index (Phi) is 5.39. The zero-order valence-electron chi connectivity index (χ0n) is 14.9. The van der Waals surface area contributed by atoms with Crippen LogP contribution in [0.25, 0.3) is 0 Å². The second-order valence-corrected chi connectivity index (χ2v) is 11.6. The Morgan fingerprint density at radius 1 is 0.481 bits per heavy atom. The standard InChI is InChI=1S/C24H21Br3/c25-22(10-4-1-5-11-22)19-16-20(23(26)12-6-2-7-13-23)18-21(17-19)24(27)14-8-3-9-15-24/h1-10,12,14,16-18H,11,13,15H2. The van der Waals surface area contributed by atoms with Gasteiger partial charge in [0.25, 0.3) is 0 Å². The quantitative estimate of drug-likeness (QED) is 0.336. The van der Waals surface area contributed by atoms with Crippen molar-refractivity contribution < 1.29 is 0 Å². The minimum atomic E-state index is -0.165. The van der Waals surface area contributed by atoms with Crippen LogP contribution in [0.1, 0.15) is 36.0 Å². The first-order valence-electron chi connectivity index (χ1n) is 9.20. The van der Waals surface area contributed by atoms with E-state index in [9.17, 15) is 0 Å². The Balaban J connectivity index is 1.87. The fourth-order valence-corrected chi connectivity index (χ4v) is 5.48. The van der Waals surface area contributed by atoms with E-state index in [1.54, 1.807) is 0 Å². The van der Waals surface area contributed by atoms with Crippen LogP contribution in [0.3, 0.4) is 0 Å². The first-order chi connectivity index (χ1) is 12.9. The fourth-order valence-electron chi connectivity index (χ4n) is 3.77. The number of halogens is 3. The first kappa shape index (κ1) is 19.4. The van der Waals surface area contributed by atoms with Crippen molar-refractivity contribution in [3.05, 3.63) is 108 Å². The lowest BCUT2D eigenvalue weighted by atomic mass is 9.81. The van der Waals surface area contributed by atoms with Gasteiger partial charge >= 0.3 is 0 Å². The highest BCUT2D eigenvalue weighted by Gasteiger charge is 2.35. The molecule has 0 spiro atoms. The van der Waals surface area contributed by atoms with Gasteiger partial charge in [-0.3, -0.25) is 0 Å². The van der Waals surface area contributed by atoms with Crippen molar-refractivity contribution in [1.82, 2.24) is 0 Å². The van der Waals surface area contributed by atoms with Crippen LogP contribution in [0.15, 0.2) is 91.1 Å². The van der Waals surface area contributed by atoms with E-state index in [2.05, 4.69) is 139 Å². The maximum absolute atomic E-state index is 4.02. The molecule has 1 aromatic rings. The molecule has 0 nitrogen and oxygen atoms in total. The van der Waals surface area contributed by atoms with E-state index in [1.165, 1.54) is 16.7 Å². The average molecular weight is 549 g/mol. The van der Waals surface area contributed by atoms with Crippen LogP contribution in [0.5, 0.6) is 0 Å². The molecule has 0 aromatic heterocycles. The summed E-state index contributed by atoms with van der Waals surface area (Å²) in [5, 5.41) is 0. The maximum atomic E-state index is 4.02. The molecule has 3 aliphatic carbocycles. The van der Waals surface area contributed by atoms with Gasteiger partial charge in [-0.1, -0.05) is 139 Å². The Morgan fingerprint density at radius 2 is 0.778 bits per heavy atom. The lowest BCUT2D eigenvalue weighted by Crippen LogP contribution is -2.23. The van der Waals surface area contributed by atoms with Gasteiger partial charge in [0.15, 0.2) is 0 Å². The molecule has 0 heterocycles. The summed E-state index contributed by atoms with van der Waals surface area (Å²) < 4.78 is -0.495. The van der Waals surface area contributed by atoms with Gasteiger partial charge in [-0.2, -0.15) is 0 Å². The van der Waals surface area contributed by atoms with Crippen molar-refractivity contribution in [1.29, 1.82) is 0 Å². The molecular weight excluding hydrogens is 528 g/mol. The molecule has 0 saturated heterocycles. The summed E-state index contributed by atoms with van der Waals surface area (Å²) in [7, 11) is 0. The third kappa shape index (κ3) is 3.83. The highest BCUT2D eigenvalue weighted by Crippen LogP contribution is 2.48. The molecule has 0 bridgehead atoms. The molecule has 3 atom stereocenters. The third-order valence-corrected chi connectivity index (χ3v) is 8.58. The van der Waals surface area contributed by atoms with E-state index >= 15 is 0 Å². The molecule has 3 aliphatic rings. The average Bonchev–Trinajstić information content (AvgIpc) is 2.69. The van der Waals surface area contributed by atoms with Gasteiger partial charge in [-0.05, 0) is 36.0 Å².